The number of halogens is 4. The van der Waals surface area contributed by atoms with Gasteiger partial charge in [0.2, 0.25) is 5.91 Å². The molecule has 0 aromatic heterocycles. The number of imide groups is 1. The first-order valence-electron chi connectivity index (χ1n) is 5.34. The number of hydrogen-bond donors (Lipinski definition) is 1. The van der Waals surface area contributed by atoms with E-state index in [9.17, 15) is 32.1 Å². The third-order valence-electron chi connectivity index (χ3n) is 2.42. The Bertz CT molecular complexity index is 414. The molecule has 0 aliphatic carbocycles. The maximum absolute atomic E-state index is 12.0. The van der Waals surface area contributed by atoms with Crippen LogP contribution in [0.2, 0.25) is 0 Å². The Morgan fingerprint density at radius 1 is 1.40 bits per heavy atom. The third kappa shape index (κ3) is 3.56. The van der Waals surface area contributed by atoms with E-state index in [1.54, 1.807) is 0 Å². The lowest BCUT2D eigenvalue weighted by Crippen LogP contribution is -2.63. The fourth-order valence-electron chi connectivity index (χ4n) is 1.57. The van der Waals surface area contributed by atoms with E-state index in [-0.39, 0.29) is 6.54 Å². The van der Waals surface area contributed by atoms with Gasteiger partial charge < -0.3 is 10.1 Å². The molecule has 1 rings (SSSR count). The van der Waals surface area contributed by atoms with Gasteiger partial charge in [-0.3, -0.25) is 14.6 Å². The van der Waals surface area contributed by atoms with Crippen LogP contribution in [0.15, 0.2) is 0 Å². The van der Waals surface area contributed by atoms with Crippen molar-refractivity contribution in [3.8, 4) is 0 Å². The molecular formula is C9H10F4N2O5. The van der Waals surface area contributed by atoms with Gasteiger partial charge in [-0.15, -0.1) is 0 Å². The molecule has 114 valence electrons. The molecule has 0 aromatic carbocycles. The number of carbonyl (C=O) groups is 3. The molecule has 2 atom stereocenters. The summed E-state index contributed by atoms with van der Waals surface area (Å²) in [4.78, 5) is 37.6. The Hall–Kier alpha value is -1.91. The van der Waals surface area contributed by atoms with Crippen molar-refractivity contribution in [3.05, 3.63) is 0 Å². The quantitative estimate of drug-likeness (QED) is 0.604. The van der Waals surface area contributed by atoms with Crippen LogP contribution in [0.1, 0.15) is 6.92 Å². The summed E-state index contributed by atoms with van der Waals surface area (Å²) in [6.07, 6.45) is -6.71. The molecule has 1 heterocycles. The second-order valence-corrected chi connectivity index (χ2v) is 3.75. The number of alkyl halides is 3. The smallest absolute Gasteiger partial charge is 0.348 e. The fraction of sp³-hybridized carbons (Fsp3) is 0.667. The summed E-state index contributed by atoms with van der Waals surface area (Å²) in [5.41, 5.74) is 0. The van der Waals surface area contributed by atoms with Crippen LogP contribution < -0.4 is 5.32 Å². The van der Waals surface area contributed by atoms with E-state index in [1.165, 1.54) is 6.92 Å². The number of rotatable bonds is 4. The van der Waals surface area contributed by atoms with Crippen LogP contribution in [-0.4, -0.2) is 48.4 Å². The van der Waals surface area contributed by atoms with Crippen molar-refractivity contribution in [2.75, 3.05) is 13.2 Å². The molecule has 0 radical (unpaired) electrons. The van der Waals surface area contributed by atoms with Crippen LogP contribution in [-0.2, 0) is 19.3 Å². The van der Waals surface area contributed by atoms with E-state index < -0.39 is 42.8 Å². The van der Waals surface area contributed by atoms with E-state index in [0.717, 1.165) is 0 Å². The summed E-state index contributed by atoms with van der Waals surface area (Å²) in [7, 11) is 0. The Labute approximate surface area is 109 Å². The van der Waals surface area contributed by atoms with Crippen molar-refractivity contribution in [3.63, 3.8) is 0 Å². The van der Waals surface area contributed by atoms with Crippen LogP contribution in [0.25, 0.3) is 0 Å². The van der Waals surface area contributed by atoms with Crippen molar-refractivity contribution in [1.29, 1.82) is 0 Å². The molecule has 1 aliphatic rings. The van der Waals surface area contributed by atoms with Crippen molar-refractivity contribution >= 4 is 17.9 Å². The van der Waals surface area contributed by atoms with Crippen molar-refractivity contribution in [2.24, 2.45) is 5.92 Å². The summed E-state index contributed by atoms with van der Waals surface area (Å²) in [6.45, 7) is -0.605. The lowest BCUT2D eigenvalue weighted by atomic mass is 10.0. The molecule has 0 spiro atoms. The number of urea groups is 1. The number of carbonyl (C=O) groups excluding carboxylic acids is 3. The van der Waals surface area contributed by atoms with Gasteiger partial charge >= 0.3 is 18.2 Å². The summed E-state index contributed by atoms with van der Waals surface area (Å²) in [6, 6.07) is -1.05. The second-order valence-electron chi connectivity index (χ2n) is 3.75. The molecule has 7 nitrogen and oxygen atoms in total. The monoisotopic (exact) mass is 302 g/mol. The number of ether oxygens (including phenoxy) is 1. The Kier molecular flexibility index (Phi) is 4.87. The second kappa shape index (κ2) is 6.03. The Morgan fingerprint density at radius 3 is 2.45 bits per heavy atom. The molecule has 3 amide bonds. The zero-order chi connectivity index (χ0) is 15.5. The number of hydrogen-bond acceptors (Lipinski definition) is 5. The van der Waals surface area contributed by atoms with Gasteiger partial charge in [-0.25, -0.2) is 9.59 Å². The molecule has 2 unspecified atom stereocenters. The molecule has 1 fully saturated rings. The molecule has 1 saturated heterocycles. The normalized spacial score (nSPS) is 23.6. The van der Waals surface area contributed by atoms with E-state index in [4.69, 9.17) is 0 Å². The van der Waals surface area contributed by atoms with Gasteiger partial charge in [-0.05, 0) is 6.92 Å². The predicted molar refractivity (Wildman–Crippen MR) is 52.4 cm³/mol. The van der Waals surface area contributed by atoms with Crippen LogP contribution in [0.4, 0.5) is 22.5 Å². The van der Waals surface area contributed by atoms with Crippen molar-refractivity contribution in [2.45, 2.75) is 19.3 Å². The fourth-order valence-corrected chi connectivity index (χ4v) is 1.57. The minimum atomic E-state index is -4.75. The standard InChI is InChI=1S/C9H10F4N2O5/c1-2-15-6(16)4(7(17)20-13)5(14-8(15)18)19-3-9(10,11)12/h4-5H,2-3H2,1H3,(H,14,18). The lowest BCUT2D eigenvalue weighted by molar-refractivity contribution is -0.213. The lowest BCUT2D eigenvalue weighted by Gasteiger charge is -2.34. The largest absolute Gasteiger partial charge is 0.411 e. The highest BCUT2D eigenvalue weighted by molar-refractivity contribution is 6.07. The highest BCUT2D eigenvalue weighted by Crippen LogP contribution is 2.22. The SMILES string of the molecule is CCN1C(=O)NC(OCC(F)(F)F)C(C(=O)OF)C1=O. The Balaban J connectivity index is 2.92. The summed E-state index contributed by atoms with van der Waals surface area (Å²) >= 11 is 0. The van der Waals surface area contributed by atoms with Crippen LogP contribution in [0, 0.1) is 5.92 Å². The van der Waals surface area contributed by atoms with Gasteiger partial charge in [-0.1, -0.05) is 0 Å². The van der Waals surface area contributed by atoms with Crippen molar-refractivity contribution < 1.29 is 41.8 Å². The zero-order valence-electron chi connectivity index (χ0n) is 10.1. The van der Waals surface area contributed by atoms with Gasteiger partial charge in [0, 0.05) is 11.1 Å². The van der Waals surface area contributed by atoms with Gasteiger partial charge in [-0.2, -0.15) is 13.2 Å². The van der Waals surface area contributed by atoms with E-state index in [2.05, 4.69) is 9.68 Å². The first kappa shape index (κ1) is 16.1. The molecule has 0 saturated carbocycles. The van der Waals surface area contributed by atoms with E-state index >= 15 is 0 Å². The summed E-state index contributed by atoms with van der Waals surface area (Å²) in [5.74, 6) is -4.99. The summed E-state index contributed by atoms with van der Waals surface area (Å²) in [5, 5.41) is 1.86. The van der Waals surface area contributed by atoms with Gasteiger partial charge in [0.25, 0.3) is 0 Å². The first-order valence-corrected chi connectivity index (χ1v) is 5.34. The molecule has 20 heavy (non-hydrogen) atoms. The molecule has 1 N–H and O–H groups in total. The van der Waals surface area contributed by atoms with Crippen molar-refractivity contribution in [1.82, 2.24) is 10.2 Å². The molecule has 0 aromatic rings. The first-order chi connectivity index (χ1) is 9.21. The Morgan fingerprint density at radius 2 is 2.00 bits per heavy atom. The van der Waals surface area contributed by atoms with Gasteiger partial charge in [0.1, 0.15) is 6.61 Å². The van der Waals surface area contributed by atoms with Crippen LogP contribution >= 0.6 is 0 Å². The molecule has 11 heteroatoms. The number of nitrogens with one attached hydrogen (secondary N) is 1. The highest BCUT2D eigenvalue weighted by atomic mass is 19.4. The third-order valence-corrected chi connectivity index (χ3v) is 2.42. The van der Waals surface area contributed by atoms with Gasteiger partial charge in [0.05, 0.1) is 0 Å². The number of nitrogens with zero attached hydrogens (tertiary/aromatic N) is 1. The predicted octanol–water partition coefficient (Wildman–Crippen LogP) is 0.507. The maximum Gasteiger partial charge on any atom is 0.411 e. The van der Waals surface area contributed by atoms with E-state index in [1.807, 2.05) is 5.32 Å². The van der Waals surface area contributed by atoms with E-state index in [0.29, 0.717) is 4.90 Å². The maximum atomic E-state index is 12.0. The zero-order valence-corrected chi connectivity index (χ0v) is 10.1. The average molecular weight is 302 g/mol. The summed E-state index contributed by atoms with van der Waals surface area (Å²) < 4.78 is 52.3. The molecular weight excluding hydrogens is 292 g/mol. The minimum absolute atomic E-state index is 0.160. The number of amides is 3. The van der Waals surface area contributed by atoms with Crippen LogP contribution in [0.5, 0.6) is 0 Å². The van der Waals surface area contributed by atoms with Crippen LogP contribution in [0.3, 0.4) is 0 Å². The average Bonchev–Trinajstić information content (AvgIpc) is 2.34. The molecule has 0 bridgehead atoms. The topological polar surface area (TPSA) is 84.9 Å². The minimum Gasteiger partial charge on any atom is -0.348 e. The molecule has 1 aliphatic heterocycles. The highest BCUT2D eigenvalue weighted by Gasteiger charge is 2.48. The van der Waals surface area contributed by atoms with Gasteiger partial charge in [0.15, 0.2) is 12.1 Å².